The van der Waals surface area contributed by atoms with Crippen LogP contribution < -0.4 is 11.1 Å². The molecule has 20 heavy (non-hydrogen) atoms. The Hall–Kier alpha value is -1.88. The SMILES string of the molecule is Cc1nc(C)c(C(C)NC(=O)c2cc(N)ccc2C)s1. The van der Waals surface area contributed by atoms with Gasteiger partial charge in [-0.2, -0.15) is 0 Å². The summed E-state index contributed by atoms with van der Waals surface area (Å²) in [5.41, 5.74) is 8.86. The van der Waals surface area contributed by atoms with Crippen LogP contribution in [0.3, 0.4) is 0 Å². The van der Waals surface area contributed by atoms with E-state index < -0.39 is 0 Å². The zero-order valence-electron chi connectivity index (χ0n) is 12.2. The zero-order valence-corrected chi connectivity index (χ0v) is 13.0. The first-order chi connectivity index (χ1) is 9.38. The van der Waals surface area contributed by atoms with E-state index in [0.717, 1.165) is 21.1 Å². The highest BCUT2D eigenvalue weighted by Gasteiger charge is 2.17. The van der Waals surface area contributed by atoms with Crippen molar-refractivity contribution in [1.82, 2.24) is 10.3 Å². The third-order valence-electron chi connectivity index (χ3n) is 3.19. The van der Waals surface area contributed by atoms with Crippen LogP contribution in [0.15, 0.2) is 18.2 Å². The van der Waals surface area contributed by atoms with Gasteiger partial charge >= 0.3 is 0 Å². The maximum absolute atomic E-state index is 12.3. The average Bonchev–Trinajstić information content (AvgIpc) is 2.71. The maximum atomic E-state index is 12.3. The molecule has 0 saturated carbocycles. The molecule has 0 aliphatic carbocycles. The van der Waals surface area contributed by atoms with Gasteiger partial charge in [0.2, 0.25) is 0 Å². The second-order valence-electron chi connectivity index (χ2n) is 4.95. The fourth-order valence-corrected chi connectivity index (χ4v) is 3.10. The van der Waals surface area contributed by atoms with Gasteiger partial charge in [0, 0.05) is 16.1 Å². The molecule has 1 atom stereocenters. The zero-order chi connectivity index (χ0) is 14.9. The number of nitrogens with two attached hydrogens (primary N) is 1. The van der Waals surface area contributed by atoms with Gasteiger partial charge in [0.1, 0.15) is 0 Å². The fourth-order valence-electron chi connectivity index (χ4n) is 2.17. The molecule has 3 N–H and O–H groups in total. The molecular formula is C15H19N3OS. The third-order valence-corrected chi connectivity index (χ3v) is 4.44. The van der Waals surface area contributed by atoms with E-state index in [9.17, 15) is 4.79 Å². The molecule has 0 saturated heterocycles. The summed E-state index contributed by atoms with van der Waals surface area (Å²) >= 11 is 1.62. The Kier molecular flexibility index (Phi) is 4.09. The number of thiazole rings is 1. The Morgan fingerprint density at radius 1 is 1.35 bits per heavy atom. The normalized spacial score (nSPS) is 12.2. The predicted molar refractivity (Wildman–Crippen MR) is 83.1 cm³/mol. The van der Waals surface area contributed by atoms with E-state index in [1.807, 2.05) is 33.8 Å². The van der Waals surface area contributed by atoms with Crippen molar-refractivity contribution in [3.8, 4) is 0 Å². The molecule has 1 heterocycles. The molecule has 0 spiro atoms. The number of benzene rings is 1. The Bertz CT molecular complexity index is 649. The van der Waals surface area contributed by atoms with Gasteiger partial charge in [-0.25, -0.2) is 4.98 Å². The van der Waals surface area contributed by atoms with Crippen molar-refractivity contribution < 1.29 is 4.79 Å². The van der Waals surface area contributed by atoms with Crippen molar-refractivity contribution in [1.29, 1.82) is 0 Å². The van der Waals surface area contributed by atoms with E-state index in [1.54, 1.807) is 23.5 Å². The Morgan fingerprint density at radius 2 is 2.05 bits per heavy atom. The van der Waals surface area contributed by atoms with Crippen LogP contribution in [0.2, 0.25) is 0 Å². The van der Waals surface area contributed by atoms with Crippen molar-refractivity contribution in [2.75, 3.05) is 5.73 Å². The number of carbonyl (C=O) groups excluding carboxylic acids is 1. The first kappa shape index (κ1) is 14.5. The van der Waals surface area contributed by atoms with E-state index in [2.05, 4.69) is 10.3 Å². The average molecular weight is 289 g/mol. The lowest BCUT2D eigenvalue weighted by atomic mass is 10.1. The number of hydrogen-bond acceptors (Lipinski definition) is 4. The summed E-state index contributed by atoms with van der Waals surface area (Å²) in [6.07, 6.45) is 0. The van der Waals surface area contributed by atoms with Crippen LogP contribution in [0.5, 0.6) is 0 Å². The first-order valence-electron chi connectivity index (χ1n) is 6.49. The van der Waals surface area contributed by atoms with Crippen molar-refractivity contribution in [2.45, 2.75) is 33.7 Å². The second kappa shape index (κ2) is 5.63. The van der Waals surface area contributed by atoms with Crippen molar-refractivity contribution in [2.24, 2.45) is 0 Å². The summed E-state index contributed by atoms with van der Waals surface area (Å²) in [6, 6.07) is 5.31. The topological polar surface area (TPSA) is 68.0 Å². The minimum Gasteiger partial charge on any atom is -0.399 e. The maximum Gasteiger partial charge on any atom is 0.252 e. The molecule has 5 heteroatoms. The van der Waals surface area contributed by atoms with Crippen LogP contribution >= 0.6 is 11.3 Å². The number of aryl methyl sites for hydroxylation is 3. The number of nitrogen functional groups attached to an aromatic ring is 1. The van der Waals surface area contributed by atoms with E-state index in [-0.39, 0.29) is 11.9 Å². The van der Waals surface area contributed by atoms with E-state index in [0.29, 0.717) is 11.3 Å². The minimum absolute atomic E-state index is 0.0606. The van der Waals surface area contributed by atoms with Gasteiger partial charge in [-0.3, -0.25) is 4.79 Å². The molecule has 2 aromatic rings. The fraction of sp³-hybridized carbons (Fsp3) is 0.333. The molecule has 1 aromatic carbocycles. The minimum atomic E-state index is -0.104. The van der Waals surface area contributed by atoms with Crippen LogP contribution in [-0.2, 0) is 0 Å². The third kappa shape index (κ3) is 2.99. The molecule has 106 valence electrons. The lowest BCUT2D eigenvalue weighted by Gasteiger charge is -2.14. The number of hydrogen-bond donors (Lipinski definition) is 2. The van der Waals surface area contributed by atoms with Crippen LogP contribution in [0.1, 0.15) is 44.5 Å². The van der Waals surface area contributed by atoms with Gasteiger partial charge < -0.3 is 11.1 Å². The molecule has 1 unspecified atom stereocenters. The molecule has 0 fully saturated rings. The van der Waals surface area contributed by atoms with Crippen molar-refractivity contribution in [3.05, 3.63) is 44.9 Å². The van der Waals surface area contributed by atoms with Crippen LogP contribution in [0.4, 0.5) is 5.69 Å². The Balaban J connectivity index is 2.19. The molecule has 0 radical (unpaired) electrons. The lowest BCUT2D eigenvalue weighted by Crippen LogP contribution is -2.27. The van der Waals surface area contributed by atoms with Gasteiger partial charge in [-0.15, -0.1) is 11.3 Å². The highest BCUT2D eigenvalue weighted by molar-refractivity contribution is 7.11. The molecule has 2 rings (SSSR count). The monoisotopic (exact) mass is 289 g/mol. The summed E-state index contributed by atoms with van der Waals surface area (Å²) in [6.45, 7) is 7.81. The molecule has 0 aliphatic heterocycles. The molecule has 1 amide bonds. The van der Waals surface area contributed by atoms with E-state index >= 15 is 0 Å². The Morgan fingerprint density at radius 3 is 2.65 bits per heavy atom. The quantitative estimate of drug-likeness (QED) is 0.853. The standard InChI is InChI=1S/C15H19N3OS/c1-8-5-6-12(16)7-13(8)15(19)18-10(3)14-9(2)17-11(4)20-14/h5-7,10H,16H2,1-4H3,(H,18,19). The van der Waals surface area contributed by atoms with Gasteiger partial charge in [-0.05, 0) is 45.4 Å². The number of rotatable bonds is 3. The van der Waals surface area contributed by atoms with Gasteiger partial charge in [0.25, 0.3) is 5.91 Å². The number of aromatic nitrogens is 1. The number of nitrogens with one attached hydrogen (secondary N) is 1. The molecule has 1 aromatic heterocycles. The predicted octanol–water partition coefficient (Wildman–Crippen LogP) is 3.14. The number of carbonyl (C=O) groups is 1. The van der Waals surface area contributed by atoms with Crippen LogP contribution in [0.25, 0.3) is 0 Å². The smallest absolute Gasteiger partial charge is 0.252 e. The van der Waals surface area contributed by atoms with Crippen molar-refractivity contribution in [3.63, 3.8) is 0 Å². The molecule has 0 aliphatic rings. The molecule has 0 bridgehead atoms. The number of amides is 1. The van der Waals surface area contributed by atoms with Gasteiger partial charge in [0.15, 0.2) is 0 Å². The van der Waals surface area contributed by atoms with Crippen molar-refractivity contribution >= 4 is 22.9 Å². The second-order valence-corrected chi connectivity index (χ2v) is 6.19. The summed E-state index contributed by atoms with van der Waals surface area (Å²) in [5, 5.41) is 4.02. The number of nitrogens with zero attached hydrogens (tertiary/aromatic N) is 1. The Labute approximate surface area is 123 Å². The van der Waals surface area contributed by atoms with E-state index in [4.69, 9.17) is 5.73 Å². The lowest BCUT2D eigenvalue weighted by molar-refractivity contribution is 0.0940. The largest absolute Gasteiger partial charge is 0.399 e. The van der Waals surface area contributed by atoms with E-state index in [1.165, 1.54) is 0 Å². The van der Waals surface area contributed by atoms with Gasteiger partial charge in [0.05, 0.1) is 16.7 Å². The highest BCUT2D eigenvalue weighted by atomic mass is 32.1. The summed E-state index contributed by atoms with van der Waals surface area (Å²) in [7, 11) is 0. The molecule has 4 nitrogen and oxygen atoms in total. The van der Waals surface area contributed by atoms with Crippen LogP contribution in [-0.4, -0.2) is 10.9 Å². The summed E-state index contributed by atoms with van der Waals surface area (Å²) in [5.74, 6) is -0.104. The van der Waals surface area contributed by atoms with Crippen LogP contribution in [0, 0.1) is 20.8 Å². The van der Waals surface area contributed by atoms with Gasteiger partial charge in [-0.1, -0.05) is 6.07 Å². The first-order valence-corrected chi connectivity index (χ1v) is 7.31. The number of anilines is 1. The molecular weight excluding hydrogens is 270 g/mol. The summed E-state index contributed by atoms with van der Waals surface area (Å²) in [4.78, 5) is 17.8. The summed E-state index contributed by atoms with van der Waals surface area (Å²) < 4.78 is 0. The highest BCUT2D eigenvalue weighted by Crippen LogP contribution is 2.25.